The molecule has 1 heterocycles. The second kappa shape index (κ2) is 8.79. The van der Waals surface area contributed by atoms with Crippen LogP contribution < -0.4 is 0 Å². The zero-order chi connectivity index (χ0) is 15.1. The molecule has 2 rings (SSSR count). The monoisotopic (exact) mass is 309 g/mol. The molecule has 4 heteroatoms. The van der Waals surface area contributed by atoms with E-state index in [2.05, 4.69) is 35.2 Å². The minimum Gasteiger partial charge on any atom is -0.389 e. The zero-order valence-corrected chi connectivity index (χ0v) is 13.9. The van der Waals surface area contributed by atoms with Crippen molar-refractivity contribution in [3.8, 4) is 0 Å². The normalized spacial score (nSPS) is 21.0. The average Bonchev–Trinajstić information content (AvgIpc) is 2.91. The van der Waals surface area contributed by atoms with E-state index in [-0.39, 0.29) is 12.2 Å². The predicted octanol–water partition coefficient (Wildman–Crippen LogP) is 2.89. The van der Waals surface area contributed by atoms with E-state index in [9.17, 15) is 5.11 Å². The van der Waals surface area contributed by atoms with Crippen LogP contribution >= 0.6 is 11.8 Å². The van der Waals surface area contributed by atoms with Gasteiger partial charge >= 0.3 is 0 Å². The van der Waals surface area contributed by atoms with Crippen LogP contribution in [0.3, 0.4) is 0 Å². The van der Waals surface area contributed by atoms with Crippen molar-refractivity contribution in [1.29, 1.82) is 0 Å². The van der Waals surface area contributed by atoms with Gasteiger partial charge < -0.3 is 14.7 Å². The van der Waals surface area contributed by atoms with Crippen LogP contribution in [0.4, 0.5) is 0 Å². The summed E-state index contributed by atoms with van der Waals surface area (Å²) in [6.07, 6.45) is 1.05. The first-order valence-corrected chi connectivity index (χ1v) is 8.82. The number of aliphatic hydroxyl groups is 1. The van der Waals surface area contributed by atoms with Crippen LogP contribution in [0.25, 0.3) is 0 Å². The summed E-state index contributed by atoms with van der Waals surface area (Å²) in [4.78, 5) is 3.71. The maximum absolute atomic E-state index is 9.98. The zero-order valence-electron chi connectivity index (χ0n) is 13.1. The summed E-state index contributed by atoms with van der Waals surface area (Å²) in [7, 11) is 0. The molecule has 0 spiro atoms. The summed E-state index contributed by atoms with van der Waals surface area (Å²) >= 11 is 1.94. The summed E-state index contributed by atoms with van der Waals surface area (Å²) < 4.78 is 5.47. The Morgan fingerprint density at radius 2 is 2.10 bits per heavy atom. The van der Waals surface area contributed by atoms with E-state index in [4.69, 9.17) is 4.74 Å². The highest BCUT2D eigenvalue weighted by Gasteiger charge is 2.24. The Labute approximate surface area is 132 Å². The summed E-state index contributed by atoms with van der Waals surface area (Å²) in [6, 6.07) is 10.6. The molecule has 118 valence electrons. The van der Waals surface area contributed by atoms with Gasteiger partial charge in [0, 0.05) is 23.7 Å². The first kappa shape index (κ1) is 16.8. The molecule has 0 amide bonds. The largest absolute Gasteiger partial charge is 0.389 e. The van der Waals surface area contributed by atoms with Crippen LogP contribution in [0.1, 0.15) is 20.3 Å². The van der Waals surface area contributed by atoms with Crippen molar-refractivity contribution in [3.63, 3.8) is 0 Å². The first-order chi connectivity index (χ1) is 10.1. The molecule has 3 nitrogen and oxygen atoms in total. The number of likely N-dealkylation sites (tertiary alicyclic amines) is 1. The number of benzene rings is 1. The molecule has 0 aromatic heterocycles. The Hall–Kier alpha value is -0.550. The fourth-order valence-corrected chi connectivity index (χ4v) is 3.65. The number of hydrogen-bond donors (Lipinski definition) is 1. The number of aliphatic hydroxyl groups excluding tert-OH is 1. The maximum atomic E-state index is 9.98. The molecule has 1 saturated heterocycles. The topological polar surface area (TPSA) is 32.7 Å². The van der Waals surface area contributed by atoms with Crippen molar-refractivity contribution in [2.45, 2.75) is 37.4 Å². The molecule has 2 unspecified atom stereocenters. The van der Waals surface area contributed by atoms with E-state index in [1.807, 2.05) is 25.6 Å². The summed E-state index contributed by atoms with van der Waals surface area (Å²) in [5.41, 5.74) is 0. The molecule has 21 heavy (non-hydrogen) atoms. The molecule has 1 aliphatic rings. The highest BCUT2D eigenvalue weighted by Crippen LogP contribution is 2.25. The fraction of sp³-hybridized carbons (Fsp3) is 0.647. The van der Waals surface area contributed by atoms with Crippen LogP contribution in [0, 0.1) is 5.92 Å². The number of hydrogen-bond acceptors (Lipinski definition) is 4. The highest BCUT2D eigenvalue weighted by molar-refractivity contribution is 7.99. The maximum Gasteiger partial charge on any atom is 0.0900 e. The Balaban J connectivity index is 1.64. The Morgan fingerprint density at radius 3 is 2.81 bits per heavy atom. The molecular formula is C17H27NO2S. The van der Waals surface area contributed by atoms with Crippen molar-refractivity contribution in [2.75, 3.05) is 32.0 Å². The molecule has 0 bridgehead atoms. The first-order valence-electron chi connectivity index (χ1n) is 7.83. The minimum atomic E-state index is -0.368. The molecule has 0 saturated carbocycles. The third kappa shape index (κ3) is 6.39. The number of nitrogens with zero attached hydrogens (tertiary/aromatic N) is 1. The van der Waals surface area contributed by atoms with Crippen LogP contribution in [-0.4, -0.2) is 54.2 Å². The lowest BCUT2D eigenvalue weighted by atomic mass is 10.2. The van der Waals surface area contributed by atoms with Gasteiger partial charge in [-0.3, -0.25) is 0 Å². The number of rotatable bonds is 8. The number of β-amino-alcohol motifs (C(OH)–C–C–N with tert-alkyl or cyclic N) is 1. The molecule has 1 aromatic rings. The predicted molar refractivity (Wildman–Crippen MR) is 88.8 cm³/mol. The van der Waals surface area contributed by atoms with E-state index in [1.165, 1.54) is 17.1 Å². The van der Waals surface area contributed by atoms with Crippen molar-refractivity contribution >= 4 is 11.8 Å². The van der Waals surface area contributed by atoms with E-state index in [0.29, 0.717) is 6.61 Å². The van der Waals surface area contributed by atoms with Gasteiger partial charge in [0.25, 0.3) is 0 Å². The lowest BCUT2D eigenvalue weighted by Crippen LogP contribution is -2.34. The number of ether oxygens (including phenoxy) is 1. The van der Waals surface area contributed by atoms with Gasteiger partial charge in [-0.15, -0.1) is 11.8 Å². The summed E-state index contributed by atoms with van der Waals surface area (Å²) in [6.45, 7) is 7.37. The van der Waals surface area contributed by atoms with Crippen LogP contribution in [-0.2, 0) is 4.74 Å². The standard InChI is InChI=1S/C17H27NO2S/c1-14(2)20-12-16(19)11-18-9-8-15(10-18)13-21-17-6-4-3-5-7-17/h3-7,14-16,19H,8-13H2,1-2H3. The lowest BCUT2D eigenvalue weighted by molar-refractivity contribution is -0.00610. The molecule has 1 fully saturated rings. The van der Waals surface area contributed by atoms with Gasteiger partial charge in [0.05, 0.1) is 18.8 Å². The van der Waals surface area contributed by atoms with Crippen LogP contribution in [0.5, 0.6) is 0 Å². The van der Waals surface area contributed by atoms with Crippen molar-refractivity contribution in [1.82, 2.24) is 4.90 Å². The minimum absolute atomic E-state index is 0.188. The SMILES string of the molecule is CC(C)OCC(O)CN1CCC(CSc2ccccc2)C1. The number of thioether (sulfide) groups is 1. The quantitative estimate of drug-likeness (QED) is 0.749. The van der Waals surface area contributed by atoms with Gasteiger partial charge in [-0.1, -0.05) is 18.2 Å². The van der Waals surface area contributed by atoms with Gasteiger partial charge in [0.2, 0.25) is 0 Å². The van der Waals surface area contributed by atoms with Crippen molar-refractivity contribution < 1.29 is 9.84 Å². The van der Waals surface area contributed by atoms with Gasteiger partial charge in [0.1, 0.15) is 0 Å². The third-order valence-electron chi connectivity index (χ3n) is 3.69. The smallest absolute Gasteiger partial charge is 0.0900 e. The third-order valence-corrected chi connectivity index (χ3v) is 4.93. The molecule has 1 aromatic carbocycles. The van der Waals surface area contributed by atoms with Gasteiger partial charge in [-0.2, -0.15) is 0 Å². The van der Waals surface area contributed by atoms with E-state index in [1.54, 1.807) is 0 Å². The average molecular weight is 309 g/mol. The Kier molecular flexibility index (Phi) is 7.04. The highest BCUT2D eigenvalue weighted by atomic mass is 32.2. The Morgan fingerprint density at radius 1 is 1.33 bits per heavy atom. The van der Waals surface area contributed by atoms with E-state index < -0.39 is 0 Å². The van der Waals surface area contributed by atoms with Crippen molar-refractivity contribution in [3.05, 3.63) is 30.3 Å². The van der Waals surface area contributed by atoms with Crippen molar-refractivity contribution in [2.24, 2.45) is 5.92 Å². The van der Waals surface area contributed by atoms with Crippen LogP contribution in [0.2, 0.25) is 0 Å². The summed E-state index contributed by atoms with van der Waals surface area (Å²) in [5, 5.41) is 9.98. The van der Waals surface area contributed by atoms with E-state index >= 15 is 0 Å². The molecule has 1 N–H and O–H groups in total. The lowest BCUT2D eigenvalue weighted by Gasteiger charge is -2.21. The molecule has 2 atom stereocenters. The van der Waals surface area contributed by atoms with Gasteiger partial charge in [-0.25, -0.2) is 0 Å². The summed E-state index contributed by atoms with van der Waals surface area (Å²) in [5.74, 6) is 1.90. The molecule has 0 aliphatic carbocycles. The fourth-order valence-electron chi connectivity index (χ4n) is 2.60. The second-order valence-electron chi connectivity index (χ2n) is 6.07. The van der Waals surface area contributed by atoms with Crippen LogP contribution in [0.15, 0.2) is 35.2 Å². The second-order valence-corrected chi connectivity index (χ2v) is 7.17. The molecule has 1 aliphatic heterocycles. The van der Waals surface area contributed by atoms with Gasteiger partial charge in [-0.05, 0) is 44.9 Å². The molecule has 0 radical (unpaired) electrons. The van der Waals surface area contributed by atoms with Gasteiger partial charge in [0.15, 0.2) is 0 Å². The molecular weight excluding hydrogens is 282 g/mol. The van der Waals surface area contributed by atoms with E-state index in [0.717, 1.165) is 25.6 Å². The Bertz CT molecular complexity index is 399.